The first-order valence-corrected chi connectivity index (χ1v) is 4.70. The minimum atomic E-state index is -1.34. The van der Waals surface area contributed by atoms with Crippen LogP contribution in [0.25, 0.3) is 0 Å². The summed E-state index contributed by atoms with van der Waals surface area (Å²) < 4.78 is 0. The molecule has 0 aromatic carbocycles. The summed E-state index contributed by atoms with van der Waals surface area (Å²) in [4.78, 5) is 9.14. The second-order valence-electron chi connectivity index (χ2n) is 3.04. The van der Waals surface area contributed by atoms with Crippen LogP contribution in [0.1, 0.15) is 39.0 Å². The molecule has 0 saturated heterocycles. The minimum absolute atomic E-state index is 0.436. The molecule has 3 N–H and O–H groups in total. The normalized spacial score (nSPS) is 15.6. The van der Waals surface area contributed by atoms with Gasteiger partial charge in [-0.15, -0.1) is 12.6 Å². The Balaban J connectivity index is 3.54. The third-order valence-corrected chi connectivity index (χ3v) is 2.20. The number of aliphatic carboxylic acids is 1. The van der Waals surface area contributed by atoms with Gasteiger partial charge in [0.15, 0.2) is 4.87 Å². The van der Waals surface area contributed by atoms with Crippen LogP contribution in [-0.4, -0.2) is 15.9 Å². The van der Waals surface area contributed by atoms with Gasteiger partial charge in [-0.2, -0.15) is 0 Å². The average Bonchev–Trinajstić information content (AvgIpc) is 1.98. The van der Waals surface area contributed by atoms with Crippen LogP contribution in [0.3, 0.4) is 0 Å². The number of hydrogen-bond acceptors (Lipinski definition) is 3. The maximum Gasteiger partial charge on any atom is 0.333 e. The van der Waals surface area contributed by atoms with Gasteiger partial charge in [0.2, 0.25) is 0 Å². The van der Waals surface area contributed by atoms with Gasteiger partial charge in [0.1, 0.15) is 0 Å². The maximum absolute atomic E-state index is 10.5. The molecule has 0 fully saturated rings. The topological polar surface area (TPSA) is 63.3 Å². The first kappa shape index (κ1) is 11.8. The molecule has 0 aliphatic carbocycles. The Morgan fingerprint density at radius 1 is 1.50 bits per heavy atom. The predicted octanol–water partition coefficient (Wildman–Crippen LogP) is 1.63. The second kappa shape index (κ2) is 5.43. The molecule has 4 heteroatoms. The molecule has 0 heterocycles. The average molecular weight is 191 g/mol. The standard InChI is InChI=1S/C8H17NO2S/c1-2-3-4-5-6-8(9,12)7(10)11/h12H,2-6,9H2,1H3,(H,10,11). The fourth-order valence-electron chi connectivity index (χ4n) is 0.928. The molecule has 0 aromatic rings. The van der Waals surface area contributed by atoms with Gasteiger partial charge >= 0.3 is 5.97 Å². The summed E-state index contributed by atoms with van der Waals surface area (Å²) >= 11 is 3.86. The second-order valence-corrected chi connectivity index (χ2v) is 3.84. The zero-order valence-electron chi connectivity index (χ0n) is 7.42. The number of carboxylic acids is 1. The highest BCUT2D eigenvalue weighted by Gasteiger charge is 2.27. The number of carboxylic acid groups (broad SMARTS) is 1. The first-order valence-electron chi connectivity index (χ1n) is 4.25. The summed E-state index contributed by atoms with van der Waals surface area (Å²) in [6.07, 6.45) is 4.57. The number of carbonyl (C=O) groups is 1. The fourth-order valence-corrected chi connectivity index (χ4v) is 1.09. The Morgan fingerprint density at radius 2 is 2.08 bits per heavy atom. The maximum atomic E-state index is 10.5. The molecule has 0 radical (unpaired) electrons. The Bertz CT molecular complexity index is 148. The zero-order chi connectivity index (χ0) is 9.61. The summed E-state index contributed by atoms with van der Waals surface area (Å²) in [5.74, 6) is -1.04. The molecule has 12 heavy (non-hydrogen) atoms. The number of unbranched alkanes of at least 4 members (excludes halogenated alkanes) is 3. The van der Waals surface area contributed by atoms with Gasteiger partial charge in [-0.1, -0.05) is 32.6 Å². The molecular formula is C8H17NO2S. The van der Waals surface area contributed by atoms with E-state index in [-0.39, 0.29) is 0 Å². The van der Waals surface area contributed by atoms with Crippen molar-refractivity contribution >= 4 is 18.6 Å². The summed E-state index contributed by atoms with van der Waals surface area (Å²) in [7, 11) is 0. The van der Waals surface area contributed by atoms with E-state index >= 15 is 0 Å². The number of hydrogen-bond donors (Lipinski definition) is 3. The van der Waals surface area contributed by atoms with E-state index in [1.165, 1.54) is 0 Å². The van der Waals surface area contributed by atoms with Crippen molar-refractivity contribution in [3.63, 3.8) is 0 Å². The van der Waals surface area contributed by atoms with Gasteiger partial charge in [0, 0.05) is 0 Å². The molecule has 0 spiro atoms. The van der Waals surface area contributed by atoms with E-state index < -0.39 is 10.8 Å². The smallest absolute Gasteiger partial charge is 0.333 e. The van der Waals surface area contributed by atoms with Crippen LogP contribution in [0.5, 0.6) is 0 Å². The minimum Gasteiger partial charge on any atom is -0.479 e. The van der Waals surface area contributed by atoms with Gasteiger partial charge in [0.25, 0.3) is 0 Å². The van der Waals surface area contributed by atoms with Crippen molar-refractivity contribution in [2.45, 2.75) is 43.9 Å². The van der Waals surface area contributed by atoms with Crippen molar-refractivity contribution in [2.75, 3.05) is 0 Å². The van der Waals surface area contributed by atoms with Crippen molar-refractivity contribution in [3.8, 4) is 0 Å². The quantitative estimate of drug-likeness (QED) is 0.339. The van der Waals surface area contributed by atoms with E-state index in [2.05, 4.69) is 19.6 Å². The van der Waals surface area contributed by atoms with Crippen molar-refractivity contribution in [3.05, 3.63) is 0 Å². The van der Waals surface area contributed by atoms with Gasteiger partial charge in [-0.25, -0.2) is 4.79 Å². The Morgan fingerprint density at radius 3 is 2.50 bits per heavy atom. The third kappa shape index (κ3) is 4.62. The van der Waals surface area contributed by atoms with Crippen LogP contribution in [-0.2, 0) is 4.79 Å². The third-order valence-electron chi connectivity index (χ3n) is 1.78. The Labute approximate surface area is 78.7 Å². The largest absolute Gasteiger partial charge is 0.479 e. The van der Waals surface area contributed by atoms with Gasteiger partial charge in [0.05, 0.1) is 0 Å². The van der Waals surface area contributed by atoms with Crippen LogP contribution in [0, 0.1) is 0 Å². The Kier molecular flexibility index (Phi) is 5.33. The Hall–Kier alpha value is -0.220. The monoisotopic (exact) mass is 191 g/mol. The van der Waals surface area contributed by atoms with Gasteiger partial charge in [-0.05, 0) is 6.42 Å². The highest BCUT2D eigenvalue weighted by atomic mass is 32.1. The van der Waals surface area contributed by atoms with Crippen LogP contribution < -0.4 is 5.73 Å². The molecule has 0 rings (SSSR count). The highest BCUT2D eigenvalue weighted by molar-refractivity contribution is 7.82. The molecule has 1 unspecified atom stereocenters. The van der Waals surface area contributed by atoms with E-state index in [0.717, 1.165) is 25.7 Å². The number of thiol groups is 1. The zero-order valence-corrected chi connectivity index (χ0v) is 8.31. The number of rotatable bonds is 6. The molecule has 0 aliphatic rings. The lowest BCUT2D eigenvalue weighted by Crippen LogP contribution is -2.42. The molecular weight excluding hydrogens is 174 g/mol. The number of nitrogens with two attached hydrogens (primary N) is 1. The summed E-state index contributed by atoms with van der Waals surface area (Å²) in [6, 6.07) is 0. The summed E-state index contributed by atoms with van der Waals surface area (Å²) in [5.41, 5.74) is 5.41. The molecule has 0 amide bonds. The van der Waals surface area contributed by atoms with Gasteiger partial charge in [-0.3, -0.25) is 0 Å². The SMILES string of the molecule is CCCCCCC(N)(S)C(=O)O. The highest BCUT2D eigenvalue weighted by Crippen LogP contribution is 2.16. The molecule has 0 saturated carbocycles. The lowest BCUT2D eigenvalue weighted by Gasteiger charge is -2.17. The molecule has 0 bridgehead atoms. The van der Waals surface area contributed by atoms with E-state index in [9.17, 15) is 4.79 Å². The van der Waals surface area contributed by atoms with E-state index in [1.54, 1.807) is 0 Å². The molecule has 3 nitrogen and oxygen atoms in total. The summed E-state index contributed by atoms with van der Waals surface area (Å²) in [6.45, 7) is 2.10. The van der Waals surface area contributed by atoms with E-state index in [1.807, 2.05) is 0 Å². The van der Waals surface area contributed by atoms with Crippen LogP contribution in [0.2, 0.25) is 0 Å². The lowest BCUT2D eigenvalue weighted by molar-refractivity contribution is -0.139. The van der Waals surface area contributed by atoms with Crippen LogP contribution in [0.15, 0.2) is 0 Å². The van der Waals surface area contributed by atoms with Crippen LogP contribution in [0.4, 0.5) is 0 Å². The predicted molar refractivity (Wildman–Crippen MR) is 52.3 cm³/mol. The molecule has 1 atom stereocenters. The molecule has 0 aliphatic heterocycles. The van der Waals surface area contributed by atoms with Crippen LogP contribution >= 0.6 is 12.6 Å². The van der Waals surface area contributed by atoms with E-state index in [0.29, 0.717) is 6.42 Å². The van der Waals surface area contributed by atoms with Gasteiger partial charge < -0.3 is 10.8 Å². The first-order chi connectivity index (χ1) is 5.50. The lowest BCUT2D eigenvalue weighted by atomic mass is 10.1. The summed E-state index contributed by atoms with van der Waals surface area (Å²) in [5, 5.41) is 8.60. The van der Waals surface area contributed by atoms with Crippen molar-refractivity contribution in [2.24, 2.45) is 5.73 Å². The van der Waals surface area contributed by atoms with Crippen molar-refractivity contribution in [1.82, 2.24) is 0 Å². The molecule has 72 valence electrons. The van der Waals surface area contributed by atoms with E-state index in [4.69, 9.17) is 10.8 Å². The van der Waals surface area contributed by atoms with Crippen molar-refractivity contribution in [1.29, 1.82) is 0 Å². The fraction of sp³-hybridized carbons (Fsp3) is 0.875. The van der Waals surface area contributed by atoms with Crippen molar-refractivity contribution < 1.29 is 9.90 Å². The molecule has 0 aromatic heterocycles.